The lowest BCUT2D eigenvalue weighted by molar-refractivity contribution is -0.120. The molecule has 1 aliphatic heterocycles. The Balaban J connectivity index is 2.19. The standard InChI is InChI=1S/C14H20FN3O/c1-2-6-16-9-11-4-3-5-12(15)14(11)18-8-7-17-13(19)10-18/h3-5,16H,2,6-10H2,1H3,(H,17,19). The summed E-state index contributed by atoms with van der Waals surface area (Å²) in [5.74, 6) is -0.313. The van der Waals surface area contributed by atoms with E-state index in [-0.39, 0.29) is 18.3 Å². The highest BCUT2D eigenvalue weighted by molar-refractivity contribution is 5.83. The molecule has 0 saturated carbocycles. The number of rotatable bonds is 5. The van der Waals surface area contributed by atoms with Crippen LogP contribution in [0.25, 0.3) is 0 Å². The van der Waals surface area contributed by atoms with Gasteiger partial charge in [-0.15, -0.1) is 0 Å². The Kier molecular flexibility index (Phi) is 4.74. The van der Waals surface area contributed by atoms with Gasteiger partial charge in [-0.05, 0) is 24.6 Å². The van der Waals surface area contributed by atoms with Gasteiger partial charge in [-0.3, -0.25) is 4.79 Å². The molecule has 1 fully saturated rings. The van der Waals surface area contributed by atoms with Crippen molar-refractivity contribution in [2.75, 3.05) is 31.1 Å². The zero-order valence-electron chi connectivity index (χ0n) is 11.2. The van der Waals surface area contributed by atoms with E-state index in [2.05, 4.69) is 17.6 Å². The van der Waals surface area contributed by atoms with Gasteiger partial charge in [-0.1, -0.05) is 19.1 Å². The zero-order valence-corrected chi connectivity index (χ0v) is 11.2. The molecule has 19 heavy (non-hydrogen) atoms. The summed E-state index contributed by atoms with van der Waals surface area (Å²) in [4.78, 5) is 13.3. The quantitative estimate of drug-likeness (QED) is 0.788. The third-order valence-corrected chi connectivity index (χ3v) is 3.17. The van der Waals surface area contributed by atoms with E-state index in [9.17, 15) is 9.18 Å². The van der Waals surface area contributed by atoms with Crippen molar-refractivity contribution < 1.29 is 9.18 Å². The summed E-state index contributed by atoms with van der Waals surface area (Å²) >= 11 is 0. The number of carbonyl (C=O) groups is 1. The minimum Gasteiger partial charge on any atom is -0.358 e. The van der Waals surface area contributed by atoms with Gasteiger partial charge in [0.15, 0.2) is 0 Å². The van der Waals surface area contributed by atoms with Crippen LogP contribution in [-0.4, -0.2) is 32.1 Å². The van der Waals surface area contributed by atoms with Gasteiger partial charge < -0.3 is 15.5 Å². The summed E-state index contributed by atoms with van der Waals surface area (Å²) in [6.07, 6.45) is 1.04. The molecule has 1 aliphatic rings. The lowest BCUT2D eigenvalue weighted by Crippen LogP contribution is -2.48. The summed E-state index contributed by atoms with van der Waals surface area (Å²) in [7, 11) is 0. The van der Waals surface area contributed by atoms with Crippen LogP contribution in [0.3, 0.4) is 0 Å². The number of hydrogen-bond donors (Lipinski definition) is 2. The van der Waals surface area contributed by atoms with Gasteiger partial charge in [0.2, 0.25) is 5.91 Å². The number of piperazine rings is 1. The van der Waals surface area contributed by atoms with Gasteiger partial charge in [0, 0.05) is 19.6 Å². The van der Waals surface area contributed by atoms with E-state index in [1.54, 1.807) is 6.07 Å². The SMILES string of the molecule is CCCNCc1cccc(F)c1N1CCNC(=O)C1. The molecule has 104 valence electrons. The van der Waals surface area contributed by atoms with Gasteiger partial charge in [0.05, 0.1) is 12.2 Å². The number of halogens is 1. The molecule has 0 radical (unpaired) electrons. The molecule has 0 spiro atoms. The zero-order chi connectivity index (χ0) is 13.7. The Labute approximate surface area is 113 Å². The molecule has 1 aromatic rings. The number of carbonyl (C=O) groups excluding carboxylic acids is 1. The summed E-state index contributed by atoms with van der Waals surface area (Å²) in [5.41, 5.74) is 1.46. The first-order chi connectivity index (χ1) is 9.22. The summed E-state index contributed by atoms with van der Waals surface area (Å²) in [6.45, 7) is 5.05. The average Bonchev–Trinajstić information content (AvgIpc) is 2.39. The molecule has 0 bridgehead atoms. The molecule has 2 N–H and O–H groups in total. The minimum atomic E-state index is -0.259. The molecule has 1 amide bonds. The molecule has 0 aliphatic carbocycles. The third kappa shape index (κ3) is 3.44. The molecule has 1 saturated heterocycles. The van der Waals surface area contributed by atoms with E-state index in [4.69, 9.17) is 0 Å². The number of hydrogen-bond acceptors (Lipinski definition) is 3. The molecule has 0 atom stereocenters. The van der Waals surface area contributed by atoms with Gasteiger partial charge in [0.1, 0.15) is 5.82 Å². The van der Waals surface area contributed by atoms with Crippen LogP contribution in [0.1, 0.15) is 18.9 Å². The van der Waals surface area contributed by atoms with Crippen molar-refractivity contribution in [3.05, 3.63) is 29.6 Å². The molecule has 1 aromatic carbocycles. The first-order valence-corrected chi connectivity index (χ1v) is 6.72. The van der Waals surface area contributed by atoms with Gasteiger partial charge in [-0.25, -0.2) is 4.39 Å². The summed E-state index contributed by atoms with van der Waals surface area (Å²) in [6, 6.07) is 5.07. The number of amides is 1. The molecule has 0 unspecified atom stereocenters. The van der Waals surface area contributed by atoms with Crippen LogP contribution in [0, 0.1) is 5.82 Å². The van der Waals surface area contributed by atoms with E-state index in [0.717, 1.165) is 18.5 Å². The molecular formula is C14H20FN3O. The summed E-state index contributed by atoms with van der Waals surface area (Å²) < 4.78 is 14.1. The number of para-hydroxylation sites is 1. The predicted octanol–water partition coefficient (Wildman–Crippen LogP) is 1.26. The van der Waals surface area contributed by atoms with E-state index in [0.29, 0.717) is 25.3 Å². The maximum atomic E-state index is 14.1. The number of benzene rings is 1. The van der Waals surface area contributed by atoms with Gasteiger partial charge >= 0.3 is 0 Å². The molecular weight excluding hydrogens is 245 g/mol. The molecule has 1 heterocycles. The van der Waals surface area contributed by atoms with E-state index < -0.39 is 0 Å². The van der Waals surface area contributed by atoms with E-state index in [1.165, 1.54) is 6.07 Å². The molecule has 0 aromatic heterocycles. The Morgan fingerprint density at radius 1 is 1.47 bits per heavy atom. The average molecular weight is 265 g/mol. The highest BCUT2D eigenvalue weighted by Gasteiger charge is 2.21. The monoisotopic (exact) mass is 265 g/mol. The van der Waals surface area contributed by atoms with Crippen molar-refractivity contribution in [2.24, 2.45) is 0 Å². The van der Waals surface area contributed by atoms with Gasteiger partial charge in [0.25, 0.3) is 0 Å². The second kappa shape index (κ2) is 6.52. The highest BCUT2D eigenvalue weighted by Crippen LogP contribution is 2.25. The Hall–Kier alpha value is -1.62. The largest absolute Gasteiger partial charge is 0.358 e. The third-order valence-electron chi connectivity index (χ3n) is 3.17. The van der Waals surface area contributed by atoms with Crippen LogP contribution in [0.4, 0.5) is 10.1 Å². The first-order valence-electron chi connectivity index (χ1n) is 6.72. The number of nitrogens with zero attached hydrogens (tertiary/aromatic N) is 1. The van der Waals surface area contributed by atoms with Crippen LogP contribution >= 0.6 is 0 Å². The van der Waals surface area contributed by atoms with Crippen molar-refractivity contribution in [3.8, 4) is 0 Å². The van der Waals surface area contributed by atoms with Crippen molar-refractivity contribution in [2.45, 2.75) is 19.9 Å². The highest BCUT2D eigenvalue weighted by atomic mass is 19.1. The fourth-order valence-electron chi connectivity index (χ4n) is 2.29. The Morgan fingerprint density at radius 3 is 3.05 bits per heavy atom. The number of nitrogens with one attached hydrogen (secondary N) is 2. The Bertz CT molecular complexity index is 450. The van der Waals surface area contributed by atoms with Crippen molar-refractivity contribution >= 4 is 11.6 Å². The smallest absolute Gasteiger partial charge is 0.239 e. The lowest BCUT2D eigenvalue weighted by Gasteiger charge is -2.30. The fraction of sp³-hybridized carbons (Fsp3) is 0.500. The maximum Gasteiger partial charge on any atom is 0.239 e. The molecule has 4 nitrogen and oxygen atoms in total. The fourth-order valence-corrected chi connectivity index (χ4v) is 2.29. The maximum absolute atomic E-state index is 14.1. The van der Waals surface area contributed by atoms with E-state index in [1.807, 2.05) is 11.0 Å². The van der Waals surface area contributed by atoms with Gasteiger partial charge in [-0.2, -0.15) is 0 Å². The van der Waals surface area contributed by atoms with Crippen LogP contribution < -0.4 is 15.5 Å². The van der Waals surface area contributed by atoms with Crippen LogP contribution in [0.15, 0.2) is 18.2 Å². The van der Waals surface area contributed by atoms with Crippen LogP contribution in [0.2, 0.25) is 0 Å². The summed E-state index contributed by atoms with van der Waals surface area (Å²) in [5, 5.41) is 6.03. The Morgan fingerprint density at radius 2 is 2.32 bits per heavy atom. The van der Waals surface area contributed by atoms with Crippen molar-refractivity contribution in [1.29, 1.82) is 0 Å². The number of anilines is 1. The molecule has 5 heteroatoms. The lowest BCUT2D eigenvalue weighted by atomic mass is 10.1. The van der Waals surface area contributed by atoms with Crippen molar-refractivity contribution in [1.82, 2.24) is 10.6 Å². The van der Waals surface area contributed by atoms with Crippen LogP contribution in [-0.2, 0) is 11.3 Å². The van der Waals surface area contributed by atoms with E-state index >= 15 is 0 Å². The second-order valence-electron chi connectivity index (χ2n) is 4.70. The topological polar surface area (TPSA) is 44.4 Å². The first kappa shape index (κ1) is 13.8. The normalized spacial score (nSPS) is 15.5. The van der Waals surface area contributed by atoms with Crippen molar-refractivity contribution in [3.63, 3.8) is 0 Å². The minimum absolute atomic E-state index is 0.0537. The molecule has 2 rings (SSSR count). The second-order valence-corrected chi connectivity index (χ2v) is 4.70. The predicted molar refractivity (Wildman–Crippen MR) is 73.6 cm³/mol. The van der Waals surface area contributed by atoms with Crippen LogP contribution in [0.5, 0.6) is 0 Å².